The first-order valence-electron chi connectivity index (χ1n) is 7.36. The average Bonchev–Trinajstić information content (AvgIpc) is 2.78. The largest absolute Gasteiger partial charge is 0.464 e. The van der Waals surface area contributed by atoms with Gasteiger partial charge in [-0.05, 0) is 33.2 Å². The highest BCUT2D eigenvalue weighted by Gasteiger charge is 2.27. The monoisotopic (exact) mass is 316 g/mol. The van der Waals surface area contributed by atoms with E-state index in [1.54, 1.807) is 13.0 Å². The van der Waals surface area contributed by atoms with Gasteiger partial charge in [0.2, 0.25) is 10.0 Å². The van der Waals surface area contributed by atoms with E-state index in [1.807, 2.05) is 13.8 Å². The number of ether oxygens (including phenoxy) is 1. The van der Waals surface area contributed by atoms with Crippen LogP contribution in [-0.4, -0.2) is 33.7 Å². The Morgan fingerprint density at radius 3 is 2.86 bits per heavy atom. The van der Waals surface area contributed by atoms with Gasteiger partial charge in [0.25, 0.3) is 0 Å². The van der Waals surface area contributed by atoms with E-state index in [-0.39, 0.29) is 17.0 Å². The number of rotatable bonds is 6. The lowest BCUT2D eigenvalue weighted by atomic mass is 10.1. The minimum Gasteiger partial charge on any atom is -0.464 e. The third-order valence-electron chi connectivity index (χ3n) is 3.57. The summed E-state index contributed by atoms with van der Waals surface area (Å²) in [5, 5.41) is 3.12. The topological polar surface area (TPSA) is 80.6 Å². The maximum atomic E-state index is 12.5. The second-order valence-electron chi connectivity index (χ2n) is 5.44. The number of sulfonamides is 1. The van der Waals surface area contributed by atoms with Crippen LogP contribution in [0.25, 0.3) is 0 Å². The molecule has 6 nitrogen and oxygen atoms in total. The first-order chi connectivity index (χ1) is 9.92. The summed E-state index contributed by atoms with van der Waals surface area (Å²) in [6.07, 6.45) is 1.48. The van der Waals surface area contributed by atoms with Gasteiger partial charge in [0, 0.05) is 18.7 Å². The van der Waals surface area contributed by atoms with E-state index in [2.05, 4.69) is 10.0 Å². The second-order valence-corrected chi connectivity index (χ2v) is 7.12. The number of nitrogens with one attached hydrogen (secondary N) is 2. The highest BCUT2D eigenvalue weighted by Crippen LogP contribution is 2.22. The molecule has 0 aliphatic carbocycles. The fourth-order valence-corrected chi connectivity index (χ4v) is 4.00. The van der Waals surface area contributed by atoms with Crippen LogP contribution >= 0.6 is 0 Å². The molecule has 2 rings (SSSR count). The molecule has 2 unspecified atom stereocenters. The normalized spacial score (nSPS) is 23.4. The fraction of sp³-hybridized carbons (Fsp3) is 0.714. The van der Waals surface area contributed by atoms with Gasteiger partial charge in [-0.3, -0.25) is 0 Å². The summed E-state index contributed by atoms with van der Waals surface area (Å²) in [6.45, 7) is 7.54. The zero-order valence-corrected chi connectivity index (χ0v) is 13.6. The van der Waals surface area contributed by atoms with E-state index in [4.69, 9.17) is 9.15 Å². The standard InChI is InChI=1S/C14H24N2O4S/c1-4-15-9-13-8-14(11(3)20-13)21(17,18)16-12-5-6-19-10(2)7-12/h8,10,12,15-16H,4-7,9H2,1-3H3. The molecule has 1 fully saturated rings. The smallest absolute Gasteiger partial charge is 0.244 e. The van der Waals surface area contributed by atoms with Crippen molar-refractivity contribution in [2.75, 3.05) is 13.2 Å². The molecule has 1 saturated heterocycles. The lowest BCUT2D eigenvalue weighted by Gasteiger charge is -2.27. The van der Waals surface area contributed by atoms with Crippen LogP contribution in [0.3, 0.4) is 0 Å². The van der Waals surface area contributed by atoms with Gasteiger partial charge in [-0.1, -0.05) is 6.92 Å². The van der Waals surface area contributed by atoms with Gasteiger partial charge in [0.1, 0.15) is 16.4 Å². The van der Waals surface area contributed by atoms with Crippen LogP contribution in [0.15, 0.2) is 15.4 Å². The van der Waals surface area contributed by atoms with Crippen molar-refractivity contribution in [3.05, 3.63) is 17.6 Å². The van der Waals surface area contributed by atoms with Crippen molar-refractivity contribution in [3.8, 4) is 0 Å². The van der Waals surface area contributed by atoms with E-state index in [0.717, 1.165) is 6.54 Å². The zero-order valence-electron chi connectivity index (χ0n) is 12.8. The van der Waals surface area contributed by atoms with E-state index in [1.165, 1.54) is 0 Å². The van der Waals surface area contributed by atoms with Crippen LogP contribution in [0.4, 0.5) is 0 Å². The Bertz CT molecular complexity index is 568. The van der Waals surface area contributed by atoms with Gasteiger partial charge < -0.3 is 14.5 Å². The molecule has 2 N–H and O–H groups in total. The summed E-state index contributed by atoms with van der Waals surface area (Å²) in [4.78, 5) is 0.231. The highest BCUT2D eigenvalue weighted by molar-refractivity contribution is 7.89. The SMILES string of the molecule is CCNCc1cc(S(=O)(=O)NC2CCOC(C)C2)c(C)o1. The third-order valence-corrected chi connectivity index (χ3v) is 5.20. The van der Waals surface area contributed by atoms with Crippen LogP contribution < -0.4 is 10.0 Å². The van der Waals surface area contributed by atoms with Crippen LogP contribution in [-0.2, 0) is 21.3 Å². The molecule has 0 saturated carbocycles. The average molecular weight is 316 g/mol. The Kier molecular flexibility index (Phi) is 5.43. The molecule has 0 bridgehead atoms. The second kappa shape index (κ2) is 6.91. The minimum atomic E-state index is -3.55. The van der Waals surface area contributed by atoms with Crippen molar-refractivity contribution in [2.45, 2.75) is 57.2 Å². The molecular weight excluding hydrogens is 292 g/mol. The van der Waals surface area contributed by atoms with Crippen LogP contribution in [0.1, 0.15) is 38.2 Å². The Morgan fingerprint density at radius 2 is 2.19 bits per heavy atom. The number of aryl methyl sites for hydroxylation is 1. The van der Waals surface area contributed by atoms with E-state index < -0.39 is 10.0 Å². The maximum absolute atomic E-state index is 12.5. The van der Waals surface area contributed by atoms with Gasteiger partial charge in [-0.15, -0.1) is 0 Å². The molecule has 0 spiro atoms. The van der Waals surface area contributed by atoms with E-state index >= 15 is 0 Å². The summed E-state index contributed by atoms with van der Waals surface area (Å²) < 4.78 is 38.7. The molecule has 1 aliphatic rings. The summed E-state index contributed by atoms with van der Waals surface area (Å²) in [6, 6.07) is 1.52. The van der Waals surface area contributed by atoms with Gasteiger partial charge in [0.15, 0.2) is 0 Å². The first-order valence-corrected chi connectivity index (χ1v) is 8.84. The molecular formula is C14H24N2O4S. The molecule has 0 radical (unpaired) electrons. The predicted octanol–water partition coefficient (Wildman–Crippen LogP) is 1.54. The molecule has 1 aliphatic heterocycles. The summed E-state index contributed by atoms with van der Waals surface area (Å²) in [5.41, 5.74) is 0. The van der Waals surface area contributed by atoms with Crippen molar-refractivity contribution in [2.24, 2.45) is 0 Å². The molecule has 2 heterocycles. The van der Waals surface area contributed by atoms with Crippen LogP contribution in [0.2, 0.25) is 0 Å². The molecule has 21 heavy (non-hydrogen) atoms. The van der Waals surface area contributed by atoms with Crippen molar-refractivity contribution < 1.29 is 17.6 Å². The minimum absolute atomic E-state index is 0.0785. The lowest BCUT2D eigenvalue weighted by molar-refractivity contribution is 0.0173. The molecule has 7 heteroatoms. The number of furan rings is 1. The van der Waals surface area contributed by atoms with Gasteiger partial charge >= 0.3 is 0 Å². The van der Waals surface area contributed by atoms with E-state index in [9.17, 15) is 8.42 Å². The van der Waals surface area contributed by atoms with Crippen molar-refractivity contribution >= 4 is 10.0 Å². The van der Waals surface area contributed by atoms with Crippen molar-refractivity contribution in [1.82, 2.24) is 10.0 Å². The summed E-state index contributed by atoms with van der Waals surface area (Å²) in [5.74, 6) is 1.06. The van der Waals surface area contributed by atoms with Crippen LogP contribution in [0, 0.1) is 6.92 Å². The van der Waals surface area contributed by atoms with E-state index in [0.29, 0.717) is 37.5 Å². The van der Waals surface area contributed by atoms with Crippen molar-refractivity contribution in [3.63, 3.8) is 0 Å². The van der Waals surface area contributed by atoms with Gasteiger partial charge in [-0.2, -0.15) is 0 Å². The van der Waals surface area contributed by atoms with Crippen LogP contribution in [0.5, 0.6) is 0 Å². The molecule has 1 aromatic heterocycles. The third kappa shape index (κ3) is 4.29. The molecule has 0 amide bonds. The fourth-order valence-electron chi connectivity index (χ4n) is 2.51. The number of hydrogen-bond donors (Lipinski definition) is 2. The first kappa shape index (κ1) is 16.5. The predicted molar refractivity (Wildman–Crippen MR) is 79.6 cm³/mol. The number of hydrogen-bond acceptors (Lipinski definition) is 5. The highest BCUT2D eigenvalue weighted by atomic mass is 32.2. The molecule has 2 atom stereocenters. The Balaban J connectivity index is 2.09. The maximum Gasteiger partial charge on any atom is 0.244 e. The Hall–Kier alpha value is -0.890. The summed E-state index contributed by atoms with van der Waals surface area (Å²) >= 11 is 0. The summed E-state index contributed by atoms with van der Waals surface area (Å²) in [7, 11) is -3.55. The molecule has 0 aromatic carbocycles. The molecule has 1 aromatic rings. The quantitative estimate of drug-likeness (QED) is 0.832. The lowest BCUT2D eigenvalue weighted by Crippen LogP contribution is -2.41. The van der Waals surface area contributed by atoms with Crippen molar-refractivity contribution in [1.29, 1.82) is 0 Å². The van der Waals surface area contributed by atoms with Gasteiger partial charge in [0.05, 0.1) is 12.6 Å². The molecule has 120 valence electrons. The Labute approximate surface area is 126 Å². The Morgan fingerprint density at radius 1 is 1.43 bits per heavy atom. The van der Waals surface area contributed by atoms with Gasteiger partial charge in [-0.25, -0.2) is 13.1 Å². The zero-order chi connectivity index (χ0) is 15.5.